The van der Waals surface area contributed by atoms with Crippen LogP contribution >= 0.6 is 0 Å². The van der Waals surface area contributed by atoms with Gasteiger partial charge >= 0.3 is 0 Å². The second-order valence-electron chi connectivity index (χ2n) is 5.49. The van der Waals surface area contributed by atoms with Crippen molar-refractivity contribution in [1.29, 1.82) is 0 Å². The number of nitrogens with zero attached hydrogens (tertiary/aromatic N) is 1. The van der Waals surface area contributed by atoms with Crippen LogP contribution in [0, 0.1) is 4.91 Å². The zero-order chi connectivity index (χ0) is 13.5. The van der Waals surface area contributed by atoms with Crippen LogP contribution in [-0.4, -0.2) is 6.04 Å². The zero-order valence-corrected chi connectivity index (χ0v) is 12.6. The van der Waals surface area contributed by atoms with Gasteiger partial charge in [0.2, 0.25) is 0 Å². The molecule has 0 N–H and O–H groups in total. The van der Waals surface area contributed by atoms with Crippen LogP contribution in [0.15, 0.2) is 5.18 Å². The average Bonchev–Trinajstić information content (AvgIpc) is 2.40. The molecule has 108 valence electrons. The Morgan fingerprint density at radius 2 is 1.17 bits per heavy atom. The van der Waals surface area contributed by atoms with Gasteiger partial charge < -0.3 is 0 Å². The zero-order valence-electron chi connectivity index (χ0n) is 12.6. The maximum Gasteiger partial charge on any atom is 0.0917 e. The molecule has 1 unspecified atom stereocenters. The minimum Gasteiger partial charge on any atom is -0.151 e. The highest BCUT2D eigenvalue weighted by Gasteiger charge is 2.04. The number of nitroso groups, excluding NO2 is 1. The lowest BCUT2D eigenvalue weighted by atomic mass is 10.0. The quantitative estimate of drug-likeness (QED) is 0.267. The van der Waals surface area contributed by atoms with Gasteiger partial charge in [0.1, 0.15) is 0 Å². The summed E-state index contributed by atoms with van der Waals surface area (Å²) in [6.45, 7) is 4.31. The summed E-state index contributed by atoms with van der Waals surface area (Å²) >= 11 is 0. The molecule has 0 saturated heterocycles. The van der Waals surface area contributed by atoms with Crippen molar-refractivity contribution in [3.8, 4) is 0 Å². The molecule has 0 heterocycles. The van der Waals surface area contributed by atoms with E-state index in [1.165, 1.54) is 70.6 Å². The molecular weight excluding hydrogens is 222 g/mol. The van der Waals surface area contributed by atoms with E-state index >= 15 is 0 Å². The van der Waals surface area contributed by atoms with Crippen molar-refractivity contribution in [1.82, 2.24) is 0 Å². The Balaban J connectivity index is 3.05. The molecule has 0 spiro atoms. The fourth-order valence-electron chi connectivity index (χ4n) is 2.38. The van der Waals surface area contributed by atoms with Crippen LogP contribution in [0.3, 0.4) is 0 Å². The Hall–Kier alpha value is -0.400. The average molecular weight is 255 g/mol. The number of hydrogen-bond donors (Lipinski definition) is 0. The van der Waals surface area contributed by atoms with Crippen LogP contribution in [0.1, 0.15) is 97.3 Å². The summed E-state index contributed by atoms with van der Waals surface area (Å²) in [5.74, 6) is 0. The fraction of sp³-hybridized carbons (Fsp3) is 1.00. The summed E-state index contributed by atoms with van der Waals surface area (Å²) in [5.41, 5.74) is 0. The smallest absolute Gasteiger partial charge is 0.0917 e. The van der Waals surface area contributed by atoms with E-state index < -0.39 is 0 Å². The molecule has 0 amide bonds. The van der Waals surface area contributed by atoms with Crippen molar-refractivity contribution >= 4 is 0 Å². The molecule has 0 aliphatic heterocycles. The molecule has 18 heavy (non-hydrogen) atoms. The predicted molar refractivity (Wildman–Crippen MR) is 81.0 cm³/mol. The number of hydrogen-bond acceptors (Lipinski definition) is 2. The first-order valence-electron chi connectivity index (χ1n) is 8.17. The van der Waals surface area contributed by atoms with Gasteiger partial charge in [0.25, 0.3) is 0 Å². The van der Waals surface area contributed by atoms with E-state index in [2.05, 4.69) is 12.1 Å². The van der Waals surface area contributed by atoms with Crippen molar-refractivity contribution in [2.24, 2.45) is 5.18 Å². The van der Waals surface area contributed by atoms with Gasteiger partial charge in [-0.25, -0.2) is 0 Å². The van der Waals surface area contributed by atoms with Gasteiger partial charge in [-0.2, -0.15) is 4.91 Å². The highest BCUT2D eigenvalue weighted by Crippen LogP contribution is 2.14. The standard InChI is InChI=1S/C16H33NO/c1-3-5-6-7-8-9-10-11-12-13-14-15-16(4-2)17-18/h16H,3-15H2,1-2H3. The van der Waals surface area contributed by atoms with Gasteiger partial charge in [0.05, 0.1) is 6.04 Å². The molecule has 0 aromatic rings. The maximum absolute atomic E-state index is 10.4. The Labute approximate surface area is 114 Å². The molecule has 0 radical (unpaired) electrons. The lowest BCUT2D eigenvalue weighted by Gasteiger charge is -2.05. The molecule has 0 bridgehead atoms. The third-order valence-electron chi connectivity index (χ3n) is 3.76. The van der Waals surface area contributed by atoms with Crippen molar-refractivity contribution in [2.75, 3.05) is 0 Å². The van der Waals surface area contributed by atoms with Crippen molar-refractivity contribution in [3.05, 3.63) is 4.91 Å². The second kappa shape index (κ2) is 14.7. The van der Waals surface area contributed by atoms with E-state index in [4.69, 9.17) is 0 Å². The van der Waals surface area contributed by atoms with E-state index in [1.54, 1.807) is 0 Å². The lowest BCUT2D eigenvalue weighted by Crippen LogP contribution is -2.00. The molecule has 1 atom stereocenters. The summed E-state index contributed by atoms with van der Waals surface area (Å²) in [6, 6.07) is 0.0727. The van der Waals surface area contributed by atoms with E-state index in [0.29, 0.717) is 0 Å². The minimum atomic E-state index is 0.0727. The van der Waals surface area contributed by atoms with Crippen LogP contribution in [0.2, 0.25) is 0 Å². The summed E-state index contributed by atoms with van der Waals surface area (Å²) in [4.78, 5) is 10.4. The van der Waals surface area contributed by atoms with E-state index in [0.717, 1.165) is 12.8 Å². The fourth-order valence-corrected chi connectivity index (χ4v) is 2.38. The normalized spacial score (nSPS) is 12.6. The summed E-state index contributed by atoms with van der Waals surface area (Å²) in [6.07, 6.45) is 16.9. The van der Waals surface area contributed by atoms with Crippen LogP contribution in [0.4, 0.5) is 0 Å². The van der Waals surface area contributed by atoms with Gasteiger partial charge in [0.15, 0.2) is 0 Å². The molecule has 0 saturated carbocycles. The Morgan fingerprint density at radius 3 is 1.56 bits per heavy atom. The molecule has 0 aromatic carbocycles. The summed E-state index contributed by atoms with van der Waals surface area (Å²) in [5, 5.41) is 3.14. The first-order valence-corrected chi connectivity index (χ1v) is 8.17. The third kappa shape index (κ3) is 12.1. The molecular formula is C16H33NO. The van der Waals surface area contributed by atoms with E-state index in [-0.39, 0.29) is 6.04 Å². The topological polar surface area (TPSA) is 29.4 Å². The first-order chi connectivity index (χ1) is 8.85. The predicted octanol–water partition coefficient (Wildman–Crippen LogP) is 6.23. The van der Waals surface area contributed by atoms with Gasteiger partial charge in [-0.1, -0.05) is 89.7 Å². The van der Waals surface area contributed by atoms with Crippen molar-refractivity contribution in [2.45, 2.75) is 103 Å². The molecule has 0 aliphatic rings. The largest absolute Gasteiger partial charge is 0.151 e. The Bertz CT molecular complexity index is 170. The van der Waals surface area contributed by atoms with Crippen LogP contribution in [-0.2, 0) is 0 Å². The Morgan fingerprint density at radius 1 is 0.722 bits per heavy atom. The van der Waals surface area contributed by atoms with Crippen LogP contribution in [0.25, 0.3) is 0 Å². The van der Waals surface area contributed by atoms with Gasteiger partial charge in [-0.15, -0.1) is 0 Å². The van der Waals surface area contributed by atoms with Crippen LogP contribution in [0.5, 0.6) is 0 Å². The molecule has 0 aliphatic carbocycles. The highest BCUT2D eigenvalue weighted by atomic mass is 16.3. The molecule has 2 nitrogen and oxygen atoms in total. The van der Waals surface area contributed by atoms with Crippen molar-refractivity contribution < 1.29 is 0 Å². The minimum absolute atomic E-state index is 0.0727. The maximum atomic E-state index is 10.4. The van der Waals surface area contributed by atoms with Crippen LogP contribution < -0.4 is 0 Å². The summed E-state index contributed by atoms with van der Waals surface area (Å²) < 4.78 is 0. The Kier molecular flexibility index (Phi) is 14.3. The SMILES string of the molecule is CCCCCCCCCCCCCC(CC)N=O. The van der Waals surface area contributed by atoms with Gasteiger partial charge in [0, 0.05) is 0 Å². The van der Waals surface area contributed by atoms with E-state index in [9.17, 15) is 4.91 Å². The molecule has 2 heteroatoms. The molecule has 0 aromatic heterocycles. The lowest BCUT2D eigenvalue weighted by molar-refractivity contribution is 0.513. The van der Waals surface area contributed by atoms with Crippen molar-refractivity contribution in [3.63, 3.8) is 0 Å². The van der Waals surface area contributed by atoms with Gasteiger partial charge in [-0.05, 0) is 12.8 Å². The molecule has 0 rings (SSSR count). The highest BCUT2D eigenvalue weighted by molar-refractivity contribution is 4.62. The third-order valence-corrected chi connectivity index (χ3v) is 3.76. The monoisotopic (exact) mass is 255 g/mol. The molecule has 0 fully saturated rings. The second-order valence-corrected chi connectivity index (χ2v) is 5.49. The summed E-state index contributed by atoms with van der Waals surface area (Å²) in [7, 11) is 0. The van der Waals surface area contributed by atoms with Gasteiger partial charge in [-0.3, -0.25) is 0 Å². The van der Waals surface area contributed by atoms with E-state index in [1.807, 2.05) is 6.92 Å². The number of rotatable bonds is 14. The first kappa shape index (κ1) is 17.6. The number of unbranched alkanes of at least 4 members (excludes halogenated alkanes) is 10.